The highest BCUT2D eigenvalue weighted by Crippen LogP contribution is 2.16. The van der Waals surface area contributed by atoms with Crippen LogP contribution >= 0.6 is 0 Å². The van der Waals surface area contributed by atoms with E-state index in [1.165, 1.54) is 154 Å². The molecule has 0 saturated carbocycles. The summed E-state index contributed by atoms with van der Waals surface area (Å²) < 4.78 is 16.8. The van der Waals surface area contributed by atoms with Crippen LogP contribution in [0.3, 0.4) is 0 Å². The van der Waals surface area contributed by atoms with Gasteiger partial charge in [0, 0.05) is 19.3 Å². The molecule has 0 saturated heterocycles. The van der Waals surface area contributed by atoms with E-state index in [9.17, 15) is 14.4 Å². The van der Waals surface area contributed by atoms with E-state index in [1.54, 1.807) is 0 Å². The lowest BCUT2D eigenvalue weighted by molar-refractivity contribution is -0.166. The minimum atomic E-state index is -0.852. The minimum Gasteiger partial charge on any atom is -0.462 e. The highest BCUT2D eigenvalue weighted by Gasteiger charge is 2.19. The van der Waals surface area contributed by atoms with Crippen LogP contribution in [0.15, 0.2) is 134 Å². The minimum absolute atomic E-state index is 0.133. The maximum absolute atomic E-state index is 12.9. The van der Waals surface area contributed by atoms with Gasteiger partial charge in [0.15, 0.2) is 6.10 Å². The molecule has 0 N–H and O–H groups in total. The first-order chi connectivity index (χ1) is 39.0. The molecular weight excluding hydrogens is 973 g/mol. The number of rotatable bonds is 58. The molecular formula is C73H120O6. The lowest BCUT2D eigenvalue weighted by Gasteiger charge is -2.18. The second kappa shape index (κ2) is 66.1. The van der Waals surface area contributed by atoms with Crippen molar-refractivity contribution in [1.82, 2.24) is 0 Å². The van der Waals surface area contributed by atoms with E-state index in [2.05, 4.69) is 130 Å². The summed E-state index contributed by atoms with van der Waals surface area (Å²) in [6, 6.07) is 0. The van der Waals surface area contributed by atoms with Crippen molar-refractivity contribution in [2.75, 3.05) is 13.2 Å². The number of esters is 3. The van der Waals surface area contributed by atoms with Crippen molar-refractivity contribution in [3.63, 3.8) is 0 Å². The molecule has 0 rings (SSSR count). The fourth-order valence-corrected chi connectivity index (χ4v) is 8.83. The average Bonchev–Trinajstić information content (AvgIpc) is 3.45. The second-order valence-electron chi connectivity index (χ2n) is 21.3. The van der Waals surface area contributed by atoms with Crippen LogP contribution in [0.25, 0.3) is 0 Å². The van der Waals surface area contributed by atoms with Crippen LogP contribution in [-0.4, -0.2) is 37.2 Å². The molecule has 79 heavy (non-hydrogen) atoms. The second-order valence-corrected chi connectivity index (χ2v) is 21.3. The van der Waals surface area contributed by atoms with E-state index < -0.39 is 12.1 Å². The Hall–Kier alpha value is -4.45. The van der Waals surface area contributed by atoms with Gasteiger partial charge in [0.25, 0.3) is 0 Å². The molecule has 0 aliphatic carbocycles. The van der Waals surface area contributed by atoms with Gasteiger partial charge in [0.1, 0.15) is 13.2 Å². The maximum atomic E-state index is 12.9. The van der Waals surface area contributed by atoms with Gasteiger partial charge in [0.2, 0.25) is 0 Å². The van der Waals surface area contributed by atoms with Crippen LogP contribution in [0.5, 0.6) is 0 Å². The molecule has 448 valence electrons. The Morgan fingerprint density at radius 3 is 0.848 bits per heavy atom. The molecule has 0 bridgehead atoms. The van der Waals surface area contributed by atoms with Gasteiger partial charge in [-0.2, -0.15) is 0 Å². The Kier molecular flexibility index (Phi) is 62.3. The number of hydrogen-bond acceptors (Lipinski definition) is 6. The zero-order valence-electron chi connectivity index (χ0n) is 51.3. The van der Waals surface area contributed by atoms with E-state index in [4.69, 9.17) is 14.2 Å². The predicted molar refractivity (Wildman–Crippen MR) is 343 cm³/mol. The number of carbonyl (C=O) groups excluding carboxylic acids is 3. The molecule has 0 aliphatic heterocycles. The predicted octanol–water partition coefficient (Wildman–Crippen LogP) is 22.5. The summed E-state index contributed by atoms with van der Waals surface area (Å²) in [6.45, 7) is 6.30. The molecule has 1 atom stereocenters. The molecule has 0 amide bonds. The normalized spacial score (nSPS) is 13.0. The molecule has 1 unspecified atom stereocenters. The molecule has 0 aromatic carbocycles. The molecule has 0 radical (unpaired) electrons. The Bertz CT molecular complexity index is 1680. The quantitative estimate of drug-likeness (QED) is 0.0261. The summed E-state index contributed by atoms with van der Waals surface area (Å²) >= 11 is 0. The highest BCUT2D eigenvalue weighted by molar-refractivity contribution is 5.71. The lowest BCUT2D eigenvalue weighted by Crippen LogP contribution is -2.30. The SMILES string of the molecule is CC/C=C\C/C=C\C/C=C\C/C=C\C/C=C\C/C=C\CCC(=O)OC(COC(=O)CC/C=C\C/C=C\C/C=C\C/C=C\CC)COC(=O)CCCCCCCCCCCCCCCCCCC/C=C\CCCCCCCCCC. The van der Waals surface area contributed by atoms with Gasteiger partial charge in [-0.25, -0.2) is 0 Å². The third kappa shape index (κ3) is 64.3. The molecule has 0 aromatic heterocycles. The van der Waals surface area contributed by atoms with Gasteiger partial charge in [-0.15, -0.1) is 0 Å². The molecule has 0 aliphatic rings. The van der Waals surface area contributed by atoms with Gasteiger partial charge in [-0.3, -0.25) is 14.4 Å². The monoisotopic (exact) mass is 1090 g/mol. The van der Waals surface area contributed by atoms with Gasteiger partial charge in [-0.1, -0.05) is 296 Å². The van der Waals surface area contributed by atoms with E-state index >= 15 is 0 Å². The summed E-state index contributed by atoms with van der Waals surface area (Å²) in [7, 11) is 0. The van der Waals surface area contributed by atoms with Crippen LogP contribution in [-0.2, 0) is 28.6 Å². The first kappa shape index (κ1) is 74.5. The van der Waals surface area contributed by atoms with Crippen molar-refractivity contribution in [2.45, 2.75) is 297 Å². The van der Waals surface area contributed by atoms with Gasteiger partial charge >= 0.3 is 17.9 Å². The smallest absolute Gasteiger partial charge is 0.306 e. The number of hydrogen-bond donors (Lipinski definition) is 0. The summed E-state index contributed by atoms with van der Waals surface area (Å²) in [4.78, 5) is 38.2. The van der Waals surface area contributed by atoms with Crippen LogP contribution in [0.1, 0.15) is 290 Å². The van der Waals surface area contributed by atoms with Crippen molar-refractivity contribution in [3.8, 4) is 0 Å². The van der Waals surface area contributed by atoms with E-state index in [0.717, 1.165) is 83.5 Å². The van der Waals surface area contributed by atoms with Crippen LogP contribution in [0.4, 0.5) is 0 Å². The van der Waals surface area contributed by atoms with E-state index in [1.807, 2.05) is 24.3 Å². The largest absolute Gasteiger partial charge is 0.462 e. The summed E-state index contributed by atoms with van der Waals surface area (Å²) in [6.07, 6.45) is 93.7. The maximum Gasteiger partial charge on any atom is 0.306 e. The third-order valence-corrected chi connectivity index (χ3v) is 13.6. The molecule has 0 fully saturated rings. The Morgan fingerprint density at radius 2 is 0.519 bits per heavy atom. The standard InChI is InChI=1S/C73H120O6/c1-4-7-10-13-16-19-22-25-27-29-31-32-33-34-35-36-37-38-39-40-42-43-45-48-51-54-57-60-63-66-72(75)78-69-70(68-77-71(74)65-62-59-56-53-50-47-24-21-18-15-12-9-6-3)79-73(76)67-64-61-58-55-52-49-46-44-41-30-28-26-23-20-17-14-11-8-5-2/h8-9,11-12,17-18,20-21,26,28-29,31,41,44,47,49-50,52,56,58-59,61,70H,4-7,10,13-16,19,22-25,27,30,32-40,42-43,45-46,48,51,53-55,57,60,62-69H2,1-3H3/b11-8-,12-9-,20-17-,21-18-,28-26-,31-29-,44-41-,50-47-,52-49-,59-56-,61-58-. The molecule has 6 nitrogen and oxygen atoms in total. The number of ether oxygens (including phenoxy) is 3. The molecule has 0 heterocycles. The Labute approximate surface area is 487 Å². The fourth-order valence-electron chi connectivity index (χ4n) is 8.83. The van der Waals surface area contributed by atoms with Gasteiger partial charge in [-0.05, 0) is 109 Å². The number of allylic oxidation sites excluding steroid dienone is 22. The van der Waals surface area contributed by atoms with Crippen LogP contribution in [0, 0.1) is 0 Å². The zero-order chi connectivity index (χ0) is 57.1. The van der Waals surface area contributed by atoms with E-state index in [0.29, 0.717) is 19.3 Å². The molecule has 0 aromatic rings. The summed E-state index contributed by atoms with van der Waals surface area (Å²) in [5, 5.41) is 0. The fraction of sp³-hybridized carbons (Fsp3) is 0.658. The van der Waals surface area contributed by atoms with Gasteiger partial charge in [0.05, 0.1) is 0 Å². The Morgan fingerprint density at radius 1 is 0.266 bits per heavy atom. The third-order valence-electron chi connectivity index (χ3n) is 13.6. The molecule has 6 heteroatoms. The molecule has 0 spiro atoms. The van der Waals surface area contributed by atoms with Crippen LogP contribution < -0.4 is 0 Å². The van der Waals surface area contributed by atoms with Crippen molar-refractivity contribution in [1.29, 1.82) is 0 Å². The zero-order valence-corrected chi connectivity index (χ0v) is 51.3. The average molecular weight is 1090 g/mol. The van der Waals surface area contributed by atoms with Crippen molar-refractivity contribution in [2.24, 2.45) is 0 Å². The summed E-state index contributed by atoms with van der Waals surface area (Å²) in [5.41, 5.74) is 0. The first-order valence-corrected chi connectivity index (χ1v) is 32.7. The highest BCUT2D eigenvalue weighted by atomic mass is 16.6. The van der Waals surface area contributed by atoms with Crippen LogP contribution in [0.2, 0.25) is 0 Å². The number of unbranched alkanes of at least 4 members (excludes halogenated alkanes) is 25. The topological polar surface area (TPSA) is 78.9 Å². The van der Waals surface area contributed by atoms with E-state index in [-0.39, 0.29) is 38.0 Å². The lowest BCUT2D eigenvalue weighted by atomic mass is 10.0. The Balaban J connectivity index is 4.36. The van der Waals surface area contributed by atoms with Crippen molar-refractivity contribution >= 4 is 17.9 Å². The van der Waals surface area contributed by atoms with Crippen molar-refractivity contribution < 1.29 is 28.6 Å². The van der Waals surface area contributed by atoms with Gasteiger partial charge < -0.3 is 14.2 Å². The number of carbonyl (C=O) groups is 3. The van der Waals surface area contributed by atoms with Crippen molar-refractivity contribution in [3.05, 3.63) is 134 Å². The summed E-state index contributed by atoms with van der Waals surface area (Å²) in [5.74, 6) is -1.10. The first-order valence-electron chi connectivity index (χ1n) is 32.7.